The lowest BCUT2D eigenvalue weighted by atomic mass is 9.86. The number of rotatable bonds is 4. The molecule has 2 N–H and O–H groups in total. The fourth-order valence-corrected chi connectivity index (χ4v) is 6.02. The summed E-state index contributed by atoms with van der Waals surface area (Å²) < 4.78 is 43.5. The number of aromatic nitrogens is 2. The molecule has 1 amide bonds. The van der Waals surface area contributed by atoms with Crippen molar-refractivity contribution in [1.82, 2.24) is 14.7 Å². The molecule has 0 radical (unpaired) electrons. The van der Waals surface area contributed by atoms with Crippen LogP contribution in [-0.4, -0.2) is 39.2 Å². The highest BCUT2D eigenvalue weighted by Gasteiger charge is 2.46. The van der Waals surface area contributed by atoms with Crippen molar-refractivity contribution in [2.75, 3.05) is 13.1 Å². The van der Waals surface area contributed by atoms with Gasteiger partial charge in [-0.15, -0.1) is 0 Å². The Morgan fingerprint density at radius 3 is 2.50 bits per heavy atom. The summed E-state index contributed by atoms with van der Waals surface area (Å²) in [6, 6.07) is 9.97. The van der Waals surface area contributed by atoms with Gasteiger partial charge in [0.2, 0.25) is 5.91 Å². The maximum atomic E-state index is 14.6. The van der Waals surface area contributed by atoms with Crippen molar-refractivity contribution in [3.8, 4) is 5.69 Å². The van der Waals surface area contributed by atoms with E-state index in [0.717, 1.165) is 24.6 Å². The third-order valence-electron chi connectivity index (χ3n) is 7.58. The molecule has 5 nitrogen and oxygen atoms in total. The molecule has 1 saturated heterocycles. The van der Waals surface area contributed by atoms with Crippen LogP contribution < -0.4 is 5.73 Å². The van der Waals surface area contributed by atoms with E-state index in [4.69, 9.17) is 17.3 Å². The topological polar surface area (TPSA) is 64.2 Å². The summed E-state index contributed by atoms with van der Waals surface area (Å²) in [5.74, 6) is -2.48. The highest BCUT2D eigenvalue weighted by molar-refractivity contribution is 6.30. The van der Waals surface area contributed by atoms with Crippen LogP contribution in [0.25, 0.3) is 5.69 Å². The fraction of sp³-hybridized carbons (Fsp3) is 0.407. The molecule has 2 aliphatic rings. The molecule has 3 atom stereocenters. The van der Waals surface area contributed by atoms with Crippen LogP contribution in [0.1, 0.15) is 55.7 Å². The highest BCUT2D eigenvalue weighted by Crippen LogP contribution is 2.46. The number of likely N-dealkylation sites (tertiary alicyclic amines) is 1. The molecule has 2 aromatic carbocycles. The Bertz CT molecular complexity index is 1290. The van der Waals surface area contributed by atoms with E-state index in [0.29, 0.717) is 37.2 Å². The average molecular weight is 517 g/mol. The van der Waals surface area contributed by atoms with Crippen LogP contribution in [-0.2, 0) is 4.79 Å². The lowest BCUT2D eigenvalue weighted by Crippen LogP contribution is -2.43. The van der Waals surface area contributed by atoms with E-state index in [2.05, 4.69) is 5.10 Å². The van der Waals surface area contributed by atoms with Crippen LogP contribution in [0.2, 0.25) is 5.02 Å². The predicted molar refractivity (Wildman–Crippen MR) is 132 cm³/mol. The van der Waals surface area contributed by atoms with Gasteiger partial charge in [0.15, 0.2) is 0 Å². The lowest BCUT2D eigenvalue weighted by Gasteiger charge is -2.35. The summed E-state index contributed by atoms with van der Waals surface area (Å²) in [4.78, 5) is 15.4. The van der Waals surface area contributed by atoms with Gasteiger partial charge in [-0.2, -0.15) is 5.10 Å². The van der Waals surface area contributed by atoms with Crippen molar-refractivity contribution in [2.45, 2.75) is 50.0 Å². The second-order valence-electron chi connectivity index (χ2n) is 10.3. The molecular formula is C27H28ClF3N4O. The molecule has 1 aliphatic carbocycles. The van der Waals surface area contributed by atoms with Crippen LogP contribution in [0.3, 0.4) is 0 Å². The minimum Gasteiger partial charge on any atom is -0.342 e. The second kappa shape index (κ2) is 9.56. The number of halogens is 4. The van der Waals surface area contributed by atoms with E-state index in [1.54, 1.807) is 23.0 Å². The molecule has 2 heterocycles. The number of amides is 1. The van der Waals surface area contributed by atoms with Gasteiger partial charge >= 0.3 is 0 Å². The quantitative estimate of drug-likeness (QED) is 0.494. The summed E-state index contributed by atoms with van der Waals surface area (Å²) in [5, 5.41) is 4.43. The van der Waals surface area contributed by atoms with Crippen molar-refractivity contribution in [3.05, 3.63) is 82.4 Å². The van der Waals surface area contributed by atoms with Gasteiger partial charge in [0.25, 0.3) is 0 Å². The summed E-state index contributed by atoms with van der Waals surface area (Å²) in [5.41, 5.74) is 7.81. The van der Waals surface area contributed by atoms with E-state index in [1.807, 2.05) is 17.9 Å². The van der Waals surface area contributed by atoms with E-state index in [1.165, 1.54) is 18.2 Å². The van der Waals surface area contributed by atoms with Crippen molar-refractivity contribution in [3.63, 3.8) is 0 Å². The Morgan fingerprint density at radius 2 is 1.81 bits per heavy atom. The number of hydrogen-bond donors (Lipinski definition) is 1. The molecule has 0 bridgehead atoms. The van der Waals surface area contributed by atoms with Gasteiger partial charge in [-0.05, 0) is 68.5 Å². The first-order valence-electron chi connectivity index (χ1n) is 12.1. The number of carbonyl (C=O) groups is 1. The van der Waals surface area contributed by atoms with E-state index in [9.17, 15) is 18.0 Å². The van der Waals surface area contributed by atoms with Gasteiger partial charge in [0.05, 0.1) is 10.7 Å². The van der Waals surface area contributed by atoms with Gasteiger partial charge in [-0.1, -0.05) is 17.7 Å². The number of piperidine rings is 1. The van der Waals surface area contributed by atoms with Crippen LogP contribution in [0.15, 0.2) is 48.7 Å². The maximum Gasteiger partial charge on any atom is 0.226 e. The Kier molecular flexibility index (Phi) is 6.59. The summed E-state index contributed by atoms with van der Waals surface area (Å²) in [7, 11) is 0. The SMILES string of the molecule is C[C@]1(N)C[C@H](C(=O)N2CCC(c3ccnn3-c3ccc(F)c(Cl)c3)CC2)[C@@H](c2ccc(F)cc2F)C1. The first-order valence-corrected chi connectivity index (χ1v) is 12.5. The Labute approximate surface area is 213 Å². The summed E-state index contributed by atoms with van der Waals surface area (Å²) in [6.45, 7) is 2.98. The zero-order chi connectivity index (χ0) is 25.6. The monoisotopic (exact) mass is 516 g/mol. The second-order valence-corrected chi connectivity index (χ2v) is 10.7. The molecular weight excluding hydrogens is 489 g/mol. The first-order chi connectivity index (χ1) is 17.1. The van der Waals surface area contributed by atoms with Gasteiger partial charge < -0.3 is 10.6 Å². The van der Waals surface area contributed by atoms with Gasteiger partial charge in [-0.25, -0.2) is 17.9 Å². The van der Waals surface area contributed by atoms with Crippen molar-refractivity contribution in [2.24, 2.45) is 11.7 Å². The van der Waals surface area contributed by atoms with Crippen LogP contribution in [0.4, 0.5) is 13.2 Å². The van der Waals surface area contributed by atoms with Crippen molar-refractivity contribution in [1.29, 1.82) is 0 Å². The molecule has 36 heavy (non-hydrogen) atoms. The number of benzene rings is 2. The van der Waals surface area contributed by atoms with E-state index >= 15 is 0 Å². The molecule has 0 spiro atoms. The summed E-state index contributed by atoms with van der Waals surface area (Å²) >= 11 is 5.97. The van der Waals surface area contributed by atoms with Gasteiger partial charge in [0, 0.05) is 54.3 Å². The Morgan fingerprint density at radius 1 is 1.06 bits per heavy atom. The molecule has 3 aromatic rings. The minimum atomic E-state index is -0.642. The highest BCUT2D eigenvalue weighted by atomic mass is 35.5. The summed E-state index contributed by atoms with van der Waals surface area (Å²) in [6.07, 6.45) is 4.07. The van der Waals surface area contributed by atoms with Crippen LogP contribution in [0, 0.1) is 23.4 Å². The zero-order valence-corrected chi connectivity index (χ0v) is 20.7. The molecule has 5 rings (SSSR count). The van der Waals surface area contributed by atoms with E-state index < -0.39 is 34.8 Å². The fourth-order valence-electron chi connectivity index (χ4n) is 5.85. The van der Waals surface area contributed by atoms with Crippen LogP contribution >= 0.6 is 11.6 Å². The van der Waals surface area contributed by atoms with E-state index in [-0.39, 0.29) is 16.8 Å². The number of hydrogen-bond acceptors (Lipinski definition) is 3. The van der Waals surface area contributed by atoms with Gasteiger partial charge in [-0.3, -0.25) is 4.79 Å². The standard InChI is InChI=1S/C27H28ClF3N4O/c1-27(32)14-20(19-4-2-17(29)12-24(19)31)21(15-27)26(36)34-10-7-16(8-11-34)25-6-9-33-35(25)18-3-5-23(30)22(28)13-18/h2-6,9,12-13,16,20-21H,7-8,10-11,14-15,32H2,1H3/t20-,21+,27-/m1/s1. The molecule has 9 heteroatoms. The van der Waals surface area contributed by atoms with Crippen molar-refractivity contribution < 1.29 is 18.0 Å². The largest absolute Gasteiger partial charge is 0.342 e. The molecule has 190 valence electrons. The predicted octanol–water partition coefficient (Wildman–Crippen LogP) is 5.56. The lowest BCUT2D eigenvalue weighted by molar-refractivity contribution is -0.137. The Hall–Kier alpha value is -2.84. The average Bonchev–Trinajstić information content (AvgIpc) is 3.45. The number of nitrogens with zero attached hydrogens (tertiary/aromatic N) is 3. The molecule has 1 saturated carbocycles. The maximum absolute atomic E-state index is 14.6. The normalized spacial score (nSPS) is 24.9. The first kappa shape index (κ1) is 24.8. The Balaban J connectivity index is 1.31. The molecule has 0 unspecified atom stereocenters. The van der Waals surface area contributed by atoms with Crippen LogP contribution in [0.5, 0.6) is 0 Å². The third kappa shape index (κ3) is 4.76. The number of nitrogens with two attached hydrogens (primary N) is 1. The van der Waals surface area contributed by atoms with Crippen molar-refractivity contribution >= 4 is 17.5 Å². The minimum absolute atomic E-state index is 0.0322. The molecule has 2 fully saturated rings. The molecule has 1 aliphatic heterocycles. The zero-order valence-electron chi connectivity index (χ0n) is 19.9. The third-order valence-corrected chi connectivity index (χ3v) is 7.87. The molecule has 1 aromatic heterocycles. The smallest absolute Gasteiger partial charge is 0.226 e. The van der Waals surface area contributed by atoms with Gasteiger partial charge in [0.1, 0.15) is 17.5 Å². The number of carbonyl (C=O) groups excluding carboxylic acids is 1.